The van der Waals surface area contributed by atoms with Gasteiger partial charge >= 0.3 is 6.36 Å². The van der Waals surface area contributed by atoms with Crippen LogP contribution in [0.15, 0.2) is 34.7 Å². The van der Waals surface area contributed by atoms with Gasteiger partial charge in [-0.3, -0.25) is 0 Å². The van der Waals surface area contributed by atoms with Crippen LogP contribution in [0, 0.1) is 0 Å². The van der Waals surface area contributed by atoms with E-state index in [1.54, 1.807) is 23.1 Å². The quantitative estimate of drug-likeness (QED) is 0.289. The summed E-state index contributed by atoms with van der Waals surface area (Å²) in [5.41, 5.74) is 2.39. The number of hydrogen-bond donors (Lipinski definition) is 1. The SMILES string of the molecule is CSc1nc2ccc3nc(Nc4nc5ccc(OC(F)(F)F)cc5s4)sc3c2s1. The maximum absolute atomic E-state index is 12.4. The predicted octanol–water partition coefficient (Wildman–Crippen LogP) is 6.88. The van der Waals surface area contributed by atoms with Gasteiger partial charge in [0.25, 0.3) is 0 Å². The van der Waals surface area contributed by atoms with Gasteiger partial charge in [-0.1, -0.05) is 34.4 Å². The van der Waals surface area contributed by atoms with Crippen molar-refractivity contribution in [2.24, 2.45) is 0 Å². The van der Waals surface area contributed by atoms with Gasteiger partial charge in [-0.25, -0.2) is 15.0 Å². The molecule has 0 atom stereocenters. The number of hydrogen-bond acceptors (Lipinski definition) is 9. The number of alkyl halides is 3. The number of benzene rings is 2. The highest BCUT2D eigenvalue weighted by Gasteiger charge is 2.31. The lowest BCUT2D eigenvalue weighted by molar-refractivity contribution is -0.274. The highest BCUT2D eigenvalue weighted by Crippen LogP contribution is 2.39. The molecule has 1 N–H and O–H groups in total. The first kappa shape index (κ1) is 18.9. The van der Waals surface area contributed by atoms with E-state index in [1.807, 2.05) is 18.4 Å². The highest BCUT2D eigenvalue weighted by atomic mass is 32.2. The monoisotopic (exact) mass is 470 g/mol. The van der Waals surface area contributed by atoms with E-state index in [-0.39, 0.29) is 5.75 Å². The molecule has 0 radical (unpaired) electrons. The number of halogens is 3. The molecule has 0 unspecified atom stereocenters. The van der Waals surface area contributed by atoms with Crippen molar-refractivity contribution in [3.8, 4) is 5.75 Å². The zero-order valence-electron chi connectivity index (χ0n) is 14.4. The van der Waals surface area contributed by atoms with E-state index >= 15 is 0 Å². The number of rotatable bonds is 4. The van der Waals surface area contributed by atoms with Crippen molar-refractivity contribution in [3.05, 3.63) is 30.3 Å². The summed E-state index contributed by atoms with van der Waals surface area (Å²) in [5, 5.41) is 4.38. The summed E-state index contributed by atoms with van der Waals surface area (Å²) in [6, 6.07) is 7.97. The van der Waals surface area contributed by atoms with Crippen LogP contribution < -0.4 is 10.1 Å². The molecule has 2 aromatic carbocycles. The Morgan fingerprint density at radius 1 is 0.897 bits per heavy atom. The zero-order valence-corrected chi connectivity index (χ0v) is 17.7. The average Bonchev–Trinajstić information content (AvgIpc) is 3.34. The molecule has 0 bridgehead atoms. The second kappa shape index (κ2) is 6.97. The summed E-state index contributed by atoms with van der Waals surface area (Å²) in [6.45, 7) is 0. The number of anilines is 2. The third-order valence-electron chi connectivity index (χ3n) is 3.87. The molecule has 0 aliphatic rings. The Morgan fingerprint density at radius 3 is 2.31 bits per heavy atom. The molecular weight excluding hydrogens is 461 g/mol. The minimum absolute atomic E-state index is 0.266. The maximum Gasteiger partial charge on any atom is 0.573 e. The van der Waals surface area contributed by atoms with E-state index in [2.05, 4.69) is 25.0 Å². The molecule has 5 aromatic rings. The van der Waals surface area contributed by atoms with Crippen molar-refractivity contribution in [2.45, 2.75) is 10.7 Å². The van der Waals surface area contributed by atoms with Gasteiger partial charge in [-0.15, -0.1) is 24.5 Å². The van der Waals surface area contributed by atoms with E-state index in [0.717, 1.165) is 24.8 Å². The Balaban J connectivity index is 1.47. The summed E-state index contributed by atoms with van der Waals surface area (Å²) in [5.74, 6) is -0.266. The average molecular weight is 471 g/mol. The number of thiazole rings is 3. The standard InChI is InChI=1S/C17H9F3N4OS4/c1-26-16-23-10-5-4-9-12(13(10)29-16)28-15(22-9)24-14-21-8-3-2-7(6-11(8)27-14)25-17(18,19)20/h2-6H,1H3,(H,21,22,24). The Labute approximate surface area is 177 Å². The Morgan fingerprint density at radius 2 is 1.55 bits per heavy atom. The van der Waals surface area contributed by atoms with Gasteiger partial charge in [0.05, 0.1) is 30.6 Å². The molecule has 0 amide bonds. The third kappa shape index (κ3) is 3.72. The van der Waals surface area contributed by atoms with Crippen LogP contribution in [-0.4, -0.2) is 27.6 Å². The summed E-state index contributed by atoms with van der Waals surface area (Å²) in [7, 11) is 0. The van der Waals surface area contributed by atoms with Crippen molar-refractivity contribution >= 4 is 86.7 Å². The van der Waals surface area contributed by atoms with Gasteiger partial charge in [0.1, 0.15) is 5.75 Å². The van der Waals surface area contributed by atoms with E-state index < -0.39 is 6.36 Å². The number of fused-ring (bicyclic) bond motifs is 4. The summed E-state index contributed by atoms with van der Waals surface area (Å²) < 4.78 is 44.9. The lowest BCUT2D eigenvalue weighted by Crippen LogP contribution is -2.16. The number of thioether (sulfide) groups is 1. The molecule has 5 nitrogen and oxygen atoms in total. The molecule has 3 aromatic heterocycles. The molecule has 3 heterocycles. The number of ether oxygens (including phenoxy) is 1. The van der Waals surface area contributed by atoms with Crippen LogP contribution in [0.3, 0.4) is 0 Å². The first-order valence-electron chi connectivity index (χ1n) is 8.05. The first-order chi connectivity index (χ1) is 13.9. The van der Waals surface area contributed by atoms with Crippen LogP contribution in [0.1, 0.15) is 0 Å². The van der Waals surface area contributed by atoms with Crippen molar-refractivity contribution in [2.75, 3.05) is 11.6 Å². The Bertz CT molecular complexity index is 1360. The fraction of sp³-hybridized carbons (Fsp3) is 0.118. The van der Waals surface area contributed by atoms with Crippen molar-refractivity contribution in [1.82, 2.24) is 15.0 Å². The normalized spacial score (nSPS) is 12.3. The second-order valence-corrected chi connectivity index (χ2v) is 9.87. The number of aromatic nitrogens is 3. The molecule has 0 spiro atoms. The summed E-state index contributed by atoms with van der Waals surface area (Å²) in [4.78, 5) is 13.6. The number of nitrogens with one attached hydrogen (secondary N) is 1. The molecule has 0 fully saturated rings. The first-order valence-corrected chi connectivity index (χ1v) is 11.7. The van der Waals surface area contributed by atoms with Crippen LogP contribution in [0.2, 0.25) is 0 Å². The van der Waals surface area contributed by atoms with E-state index in [4.69, 9.17) is 0 Å². The molecule has 148 valence electrons. The summed E-state index contributed by atoms with van der Waals surface area (Å²) >= 11 is 5.97. The fourth-order valence-electron chi connectivity index (χ4n) is 2.74. The van der Waals surface area contributed by atoms with Gasteiger partial charge < -0.3 is 10.1 Å². The minimum Gasteiger partial charge on any atom is -0.406 e. The lowest BCUT2D eigenvalue weighted by Gasteiger charge is -2.07. The molecule has 0 aliphatic carbocycles. The van der Waals surface area contributed by atoms with Gasteiger partial charge in [-0.05, 0) is 30.5 Å². The van der Waals surface area contributed by atoms with Crippen LogP contribution in [0.25, 0.3) is 30.6 Å². The number of nitrogens with zero attached hydrogens (tertiary/aromatic N) is 3. The maximum atomic E-state index is 12.4. The molecule has 0 aliphatic heterocycles. The van der Waals surface area contributed by atoms with Gasteiger partial charge in [-0.2, -0.15) is 0 Å². The van der Waals surface area contributed by atoms with Crippen molar-refractivity contribution in [3.63, 3.8) is 0 Å². The molecule has 12 heteroatoms. The Hall–Kier alpha value is -2.15. The molecule has 0 saturated carbocycles. The Kier molecular flexibility index (Phi) is 4.53. The third-order valence-corrected chi connectivity index (χ3v) is 8.02. The largest absolute Gasteiger partial charge is 0.573 e. The van der Waals surface area contributed by atoms with Gasteiger partial charge in [0.2, 0.25) is 0 Å². The van der Waals surface area contributed by atoms with Crippen LogP contribution >= 0.6 is 45.8 Å². The van der Waals surface area contributed by atoms with Crippen LogP contribution in [-0.2, 0) is 0 Å². The fourth-order valence-corrected chi connectivity index (χ4v) is 6.36. The lowest BCUT2D eigenvalue weighted by atomic mass is 10.3. The second-order valence-electron chi connectivity index (χ2n) is 5.79. The predicted molar refractivity (Wildman–Crippen MR) is 114 cm³/mol. The van der Waals surface area contributed by atoms with E-state index in [0.29, 0.717) is 20.5 Å². The minimum atomic E-state index is -4.72. The molecule has 0 saturated heterocycles. The molecular formula is C17H9F3N4OS4. The van der Waals surface area contributed by atoms with Crippen LogP contribution in [0.4, 0.5) is 23.4 Å². The van der Waals surface area contributed by atoms with E-state index in [1.165, 1.54) is 40.9 Å². The van der Waals surface area contributed by atoms with Crippen LogP contribution in [0.5, 0.6) is 5.75 Å². The topological polar surface area (TPSA) is 59.9 Å². The van der Waals surface area contributed by atoms with Gasteiger partial charge in [0.15, 0.2) is 14.6 Å². The van der Waals surface area contributed by atoms with Crippen molar-refractivity contribution < 1.29 is 17.9 Å². The highest BCUT2D eigenvalue weighted by molar-refractivity contribution is 8.00. The molecule has 29 heavy (non-hydrogen) atoms. The molecule has 5 rings (SSSR count). The van der Waals surface area contributed by atoms with Crippen molar-refractivity contribution in [1.29, 1.82) is 0 Å². The zero-order chi connectivity index (χ0) is 20.2. The summed E-state index contributed by atoms with van der Waals surface area (Å²) in [6.07, 6.45) is -2.73. The van der Waals surface area contributed by atoms with E-state index in [9.17, 15) is 13.2 Å². The van der Waals surface area contributed by atoms with Gasteiger partial charge in [0, 0.05) is 6.07 Å². The smallest absolute Gasteiger partial charge is 0.406 e.